The van der Waals surface area contributed by atoms with E-state index in [1.807, 2.05) is 29.7 Å². The molecule has 0 radical (unpaired) electrons. The summed E-state index contributed by atoms with van der Waals surface area (Å²) >= 11 is 1.65. The van der Waals surface area contributed by atoms with Crippen LogP contribution in [0.3, 0.4) is 0 Å². The molecular formula is C46H35N5S. The van der Waals surface area contributed by atoms with Gasteiger partial charge >= 0.3 is 0 Å². The number of thioether (sulfide) groups is 1. The largest absolute Gasteiger partial charge is 0.332 e. The predicted molar refractivity (Wildman–Crippen MR) is 212 cm³/mol. The number of anilines is 2. The molecule has 8 rings (SSSR count). The van der Waals surface area contributed by atoms with Gasteiger partial charge in [0.05, 0.1) is 40.6 Å². The minimum Gasteiger partial charge on any atom is -0.332 e. The first kappa shape index (κ1) is 32.9. The molecule has 5 aromatic rings. The summed E-state index contributed by atoms with van der Waals surface area (Å²) in [7, 11) is 0. The van der Waals surface area contributed by atoms with Crippen LogP contribution in [0.1, 0.15) is 60.6 Å². The quantitative estimate of drug-likeness (QED) is 0.166. The summed E-state index contributed by atoms with van der Waals surface area (Å²) in [6.45, 7) is 4.25. The summed E-state index contributed by atoms with van der Waals surface area (Å²) in [5.74, 6) is 0.0128. The van der Waals surface area contributed by atoms with Gasteiger partial charge in [-0.3, -0.25) is 0 Å². The first-order chi connectivity index (χ1) is 25.6. The number of hydrogen-bond acceptors (Lipinski definition) is 5. The molecule has 1 aliphatic carbocycles. The summed E-state index contributed by atoms with van der Waals surface area (Å²) in [4.78, 5) is 3.48. The fraction of sp³-hybridized carbons (Fsp3) is 0.152. The van der Waals surface area contributed by atoms with Crippen molar-refractivity contribution < 1.29 is 0 Å². The summed E-state index contributed by atoms with van der Waals surface area (Å²) < 4.78 is 2.40. The Labute approximate surface area is 309 Å². The smallest absolute Gasteiger partial charge is 0.101 e. The van der Waals surface area contributed by atoms with Gasteiger partial charge in [0.25, 0.3) is 0 Å². The zero-order valence-corrected chi connectivity index (χ0v) is 29.9. The van der Waals surface area contributed by atoms with Crippen LogP contribution < -0.4 is 4.90 Å². The SMILES string of the molecule is C/C=C(\C(=C/CC)c1ccccc1-n1c2c(c3ccccc31)SC=C(C#N)CC2)c1ccc(C#N)c(N2c3ccccc3C3C=C(C#N)C=CC32)c1. The van der Waals surface area contributed by atoms with Gasteiger partial charge in [0.15, 0.2) is 0 Å². The first-order valence-corrected chi connectivity index (χ1v) is 18.6. The van der Waals surface area contributed by atoms with Crippen LogP contribution in [0.4, 0.5) is 11.4 Å². The number of rotatable bonds is 6. The van der Waals surface area contributed by atoms with E-state index in [1.165, 1.54) is 16.0 Å². The molecule has 2 aliphatic heterocycles. The average molecular weight is 690 g/mol. The third kappa shape index (κ3) is 5.39. The molecular weight excluding hydrogens is 655 g/mol. The maximum atomic E-state index is 10.4. The molecule has 0 amide bonds. The van der Waals surface area contributed by atoms with Crippen molar-refractivity contribution in [1.82, 2.24) is 4.57 Å². The topological polar surface area (TPSA) is 79.5 Å². The standard InChI is InChI=1S/C46H35N5S/c1-3-11-35(36-12-5-8-15-40(36)50-42-17-10-7-14-38(42)46-44(50)23-19-31(27-48)29-52-46)34(4-2)32-20-21-33(28-49)45(25-32)51-41-16-9-6-13-37(41)39-24-30(26-47)18-22-43(39)51/h4-18,20-22,24-25,29,39,43H,3,19,23H2,1-2H3/b34-4-,35-11+. The monoisotopic (exact) mass is 689 g/mol. The van der Waals surface area contributed by atoms with Crippen LogP contribution in [0.2, 0.25) is 0 Å². The highest BCUT2D eigenvalue weighted by Gasteiger charge is 2.39. The van der Waals surface area contributed by atoms with Gasteiger partial charge in [-0.1, -0.05) is 104 Å². The Hall–Kier alpha value is -6.26. The van der Waals surface area contributed by atoms with E-state index in [-0.39, 0.29) is 12.0 Å². The fourth-order valence-electron chi connectivity index (χ4n) is 8.06. The predicted octanol–water partition coefficient (Wildman–Crippen LogP) is 11.5. The van der Waals surface area contributed by atoms with E-state index in [4.69, 9.17) is 0 Å². The van der Waals surface area contributed by atoms with Gasteiger partial charge in [-0.2, -0.15) is 15.8 Å². The van der Waals surface area contributed by atoms with E-state index in [0.717, 1.165) is 68.8 Å². The summed E-state index contributed by atoms with van der Waals surface area (Å²) in [6, 6.07) is 38.8. The molecule has 0 saturated carbocycles. The Morgan fingerprint density at radius 3 is 2.42 bits per heavy atom. The van der Waals surface area contributed by atoms with Crippen LogP contribution in [0.25, 0.3) is 27.7 Å². The minimum absolute atomic E-state index is 0.0128. The second kappa shape index (κ2) is 13.8. The molecule has 52 heavy (non-hydrogen) atoms. The van der Waals surface area contributed by atoms with Crippen molar-refractivity contribution >= 4 is 45.2 Å². The third-order valence-electron chi connectivity index (χ3n) is 10.3. The molecule has 0 spiro atoms. The van der Waals surface area contributed by atoms with E-state index in [9.17, 15) is 15.8 Å². The minimum atomic E-state index is -0.0523. The lowest BCUT2D eigenvalue weighted by Crippen LogP contribution is -2.29. The van der Waals surface area contributed by atoms with Crippen LogP contribution in [0.15, 0.2) is 143 Å². The van der Waals surface area contributed by atoms with Crippen LogP contribution in [-0.4, -0.2) is 10.6 Å². The van der Waals surface area contributed by atoms with Crippen molar-refractivity contribution in [2.45, 2.75) is 50.0 Å². The Bertz CT molecular complexity index is 2560. The number of nitriles is 3. The van der Waals surface area contributed by atoms with Crippen molar-refractivity contribution in [2.24, 2.45) is 0 Å². The van der Waals surface area contributed by atoms with Gasteiger partial charge in [0, 0.05) is 44.3 Å². The fourth-order valence-corrected chi connectivity index (χ4v) is 9.12. The Morgan fingerprint density at radius 1 is 0.846 bits per heavy atom. The molecule has 2 atom stereocenters. The van der Waals surface area contributed by atoms with Gasteiger partial charge < -0.3 is 9.47 Å². The highest BCUT2D eigenvalue weighted by molar-refractivity contribution is 8.02. The molecule has 0 N–H and O–H groups in total. The molecule has 3 aliphatic rings. The highest BCUT2D eigenvalue weighted by Crippen LogP contribution is 2.50. The molecule has 0 fully saturated rings. The van der Waals surface area contributed by atoms with Crippen molar-refractivity contribution in [2.75, 3.05) is 4.90 Å². The van der Waals surface area contributed by atoms with Crippen LogP contribution >= 0.6 is 11.8 Å². The van der Waals surface area contributed by atoms with Crippen molar-refractivity contribution in [3.63, 3.8) is 0 Å². The normalized spacial score (nSPS) is 17.9. The van der Waals surface area contributed by atoms with Crippen LogP contribution in [0, 0.1) is 34.0 Å². The van der Waals surface area contributed by atoms with Gasteiger partial charge in [-0.15, -0.1) is 0 Å². The van der Waals surface area contributed by atoms with Crippen molar-refractivity contribution in [3.8, 4) is 23.9 Å². The Kier molecular flexibility index (Phi) is 8.74. The lowest BCUT2D eigenvalue weighted by molar-refractivity contribution is 0.741. The molecule has 1 aromatic heterocycles. The molecule has 3 heterocycles. The van der Waals surface area contributed by atoms with Crippen molar-refractivity contribution in [1.29, 1.82) is 15.8 Å². The number of benzene rings is 4. The molecule has 0 bridgehead atoms. The molecule has 4 aromatic carbocycles. The average Bonchev–Trinajstić information content (AvgIpc) is 3.59. The summed E-state index contributed by atoms with van der Waals surface area (Å²) in [5.41, 5.74) is 12.9. The number of para-hydroxylation sites is 3. The van der Waals surface area contributed by atoms with E-state index in [0.29, 0.717) is 17.6 Å². The summed E-state index contributed by atoms with van der Waals surface area (Å²) in [6.07, 6.45) is 12.8. The lowest BCUT2D eigenvalue weighted by Gasteiger charge is -2.30. The van der Waals surface area contributed by atoms with Gasteiger partial charge in [-0.05, 0) is 90.3 Å². The number of hydrogen-bond donors (Lipinski definition) is 0. The van der Waals surface area contributed by atoms with Crippen LogP contribution in [-0.2, 0) is 6.42 Å². The second-order valence-electron chi connectivity index (χ2n) is 13.1. The maximum absolute atomic E-state index is 10.4. The molecule has 5 nitrogen and oxygen atoms in total. The van der Waals surface area contributed by atoms with E-state index in [2.05, 4.69) is 139 Å². The molecule has 250 valence electrons. The number of aromatic nitrogens is 1. The van der Waals surface area contributed by atoms with Crippen molar-refractivity contribution in [3.05, 3.63) is 166 Å². The number of fused-ring (bicyclic) bond motifs is 6. The number of nitrogens with zero attached hydrogens (tertiary/aromatic N) is 5. The molecule has 2 unspecified atom stereocenters. The summed E-state index contributed by atoms with van der Waals surface area (Å²) in [5, 5.41) is 33.1. The van der Waals surface area contributed by atoms with Gasteiger partial charge in [0.1, 0.15) is 6.07 Å². The molecule has 0 saturated heterocycles. The van der Waals surface area contributed by atoms with E-state index >= 15 is 0 Å². The molecule has 6 heteroatoms. The number of allylic oxidation sites excluding steroid dienone is 7. The van der Waals surface area contributed by atoms with Gasteiger partial charge in [0.2, 0.25) is 0 Å². The lowest BCUT2D eigenvalue weighted by atomic mass is 9.88. The van der Waals surface area contributed by atoms with Crippen LogP contribution in [0.5, 0.6) is 0 Å². The maximum Gasteiger partial charge on any atom is 0.101 e. The first-order valence-electron chi connectivity index (χ1n) is 17.7. The third-order valence-corrected chi connectivity index (χ3v) is 11.4. The Balaban J connectivity index is 1.27. The second-order valence-corrected chi connectivity index (χ2v) is 14.0. The zero-order chi connectivity index (χ0) is 35.8. The van der Waals surface area contributed by atoms with Gasteiger partial charge in [-0.25, -0.2) is 0 Å². The highest BCUT2D eigenvalue weighted by atomic mass is 32.2. The van der Waals surface area contributed by atoms with E-state index in [1.54, 1.807) is 11.8 Å². The van der Waals surface area contributed by atoms with E-state index < -0.39 is 0 Å². The zero-order valence-electron chi connectivity index (χ0n) is 29.0. The Morgan fingerprint density at radius 2 is 1.63 bits per heavy atom.